The summed E-state index contributed by atoms with van der Waals surface area (Å²) in [6.45, 7) is 1.52. The van der Waals surface area contributed by atoms with Crippen LogP contribution in [-0.2, 0) is 13.1 Å². The topological polar surface area (TPSA) is 85.2 Å². The van der Waals surface area contributed by atoms with Gasteiger partial charge in [0.15, 0.2) is 5.82 Å². The Morgan fingerprint density at radius 1 is 1.28 bits per heavy atom. The maximum absolute atomic E-state index is 11.4. The Balaban J connectivity index is 1.98. The van der Waals surface area contributed by atoms with Gasteiger partial charge in [-0.2, -0.15) is 4.37 Å². The first kappa shape index (κ1) is 11.0. The summed E-state index contributed by atoms with van der Waals surface area (Å²) in [5.74, 6) is -0.300. The number of nitrogens with zero attached hydrogens (tertiary/aromatic N) is 2. The number of nitrogens with two attached hydrogens (primary N) is 2. The number of hydrogen-bond acceptors (Lipinski definition) is 5. The second-order valence-corrected chi connectivity index (χ2v) is 4.99. The Bertz CT molecular complexity index is 597. The van der Waals surface area contributed by atoms with E-state index in [1.54, 1.807) is 0 Å². The number of benzene rings is 1. The highest BCUT2D eigenvalue weighted by Crippen LogP contribution is 2.35. The maximum Gasteiger partial charge on any atom is 0.255 e. The van der Waals surface area contributed by atoms with E-state index in [9.17, 15) is 4.79 Å². The lowest BCUT2D eigenvalue weighted by atomic mass is 10.1. The molecule has 92 valence electrons. The minimum Gasteiger partial charge on any atom is -0.382 e. The third-order valence-corrected chi connectivity index (χ3v) is 4.00. The highest BCUT2D eigenvalue weighted by Gasteiger charge is 2.26. The molecule has 1 amide bonds. The normalized spacial score (nSPS) is 13.7. The number of fused-ring (bicyclic) bond motifs is 1. The van der Waals surface area contributed by atoms with E-state index in [0.29, 0.717) is 5.56 Å². The number of amides is 1. The number of rotatable bonds is 2. The molecule has 6 heteroatoms. The first-order valence-electron chi connectivity index (χ1n) is 5.53. The number of nitrogen functional groups attached to an aromatic ring is 1. The van der Waals surface area contributed by atoms with E-state index >= 15 is 0 Å². The van der Waals surface area contributed by atoms with Crippen LogP contribution >= 0.6 is 11.5 Å². The molecule has 0 atom stereocenters. The monoisotopic (exact) mass is 260 g/mol. The molecule has 0 bridgehead atoms. The smallest absolute Gasteiger partial charge is 0.255 e. The second kappa shape index (κ2) is 3.99. The standard InChI is InChI=1S/C12H12N4OS/c13-10-9(11(14)17)12(18-15-10)16-5-7-3-1-2-4-8(7)6-16/h1-4H,5-6H2,(H2,13,15)(H2,14,17). The van der Waals surface area contributed by atoms with Crippen molar-refractivity contribution in [1.29, 1.82) is 0 Å². The molecule has 3 rings (SSSR count). The van der Waals surface area contributed by atoms with Gasteiger partial charge in [-0.25, -0.2) is 0 Å². The van der Waals surface area contributed by atoms with Gasteiger partial charge in [0.25, 0.3) is 5.91 Å². The van der Waals surface area contributed by atoms with Crippen LogP contribution in [-0.4, -0.2) is 10.3 Å². The molecule has 1 aromatic heterocycles. The fourth-order valence-electron chi connectivity index (χ4n) is 2.22. The zero-order valence-electron chi connectivity index (χ0n) is 9.59. The van der Waals surface area contributed by atoms with Crippen molar-refractivity contribution in [3.05, 3.63) is 41.0 Å². The molecule has 0 saturated heterocycles. The Labute approximate surface area is 108 Å². The van der Waals surface area contributed by atoms with Gasteiger partial charge in [-0.3, -0.25) is 4.79 Å². The largest absolute Gasteiger partial charge is 0.382 e. The van der Waals surface area contributed by atoms with Crippen molar-refractivity contribution in [3.8, 4) is 0 Å². The number of carbonyl (C=O) groups excluding carboxylic acids is 1. The molecule has 0 aliphatic carbocycles. The fourth-order valence-corrected chi connectivity index (χ4v) is 3.03. The lowest BCUT2D eigenvalue weighted by Crippen LogP contribution is -2.20. The van der Waals surface area contributed by atoms with Crippen molar-refractivity contribution >= 4 is 28.3 Å². The number of anilines is 2. The molecule has 1 aliphatic heterocycles. The Kier molecular flexibility index (Phi) is 2.45. The van der Waals surface area contributed by atoms with Gasteiger partial charge in [0, 0.05) is 13.1 Å². The van der Waals surface area contributed by atoms with E-state index in [0.717, 1.165) is 18.1 Å². The number of hydrogen-bond donors (Lipinski definition) is 2. The summed E-state index contributed by atoms with van der Waals surface area (Å²) in [6.07, 6.45) is 0. The SMILES string of the molecule is NC(=O)c1c(N)nsc1N1Cc2ccccc2C1. The van der Waals surface area contributed by atoms with Crippen LogP contribution in [0.1, 0.15) is 21.5 Å². The summed E-state index contributed by atoms with van der Waals surface area (Å²) in [7, 11) is 0. The van der Waals surface area contributed by atoms with Crippen LogP contribution < -0.4 is 16.4 Å². The van der Waals surface area contributed by atoms with Crippen LogP contribution in [0.15, 0.2) is 24.3 Å². The van der Waals surface area contributed by atoms with E-state index in [-0.39, 0.29) is 5.82 Å². The van der Waals surface area contributed by atoms with E-state index < -0.39 is 5.91 Å². The van der Waals surface area contributed by atoms with Gasteiger partial charge in [-0.05, 0) is 22.7 Å². The molecule has 4 N–H and O–H groups in total. The van der Waals surface area contributed by atoms with Gasteiger partial charge in [0.05, 0.1) is 0 Å². The van der Waals surface area contributed by atoms with Gasteiger partial charge in [0.2, 0.25) is 0 Å². The maximum atomic E-state index is 11.4. The molecule has 0 fully saturated rings. The Morgan fingerprint density at radius 2 is 1.89 bits per heavy atom. The molecule has 18 heavy (non-hydrogen) atoms. The minimum absolute atomic E-state index is 0.221. The molecule has 0 spiro atoms. The Hall–Kier alpha value is -2.08. The third-order valence-electron chi connectivity index (χ3n) is 3.07. The van der Waals surface area contributed by atoms with Gasteiger partial charge in [-0.1, -0.05) is 24.3 Å². The summed E-state index contributed by atoms with van der Waals surface area (Å²) < 4.78 is 4.02. The summed E-state index contributed by atoms with van der Waals surface area (Å²) in [6, 6.07) is 8.20. The molecule has 2 aromatic rings. The quantitative estimate of drug-likeness (QED) is 0.853. The molecule has 0 radical (unpaired) electrons. The van der Waals surface area contributed by atoms with Crippen LogP contribution in [0.25, 0.3) is 0 Å². The minimum atomic E-state index is -0.521. The van der Waals surface area contributed by atoms with Crippen LogP contribution in [0.3, 0.4) is 0 Å². The van der Waals surface area contributed by atoms with Gasteiger partial charge >= 0.3 is 0 Å². The molecular weight excluding hydrogens is 248 g/mol. The van der Waals surface area contributed by atoms with Crippen molar-refractivity contribution in [2.75, 3.05) is 10.6 Å². The highest BCUT2D eigenvalue weighted by molar-refractivity contribution is 7.11. The van der Waals surface area contributed by atoms with Crippen LogP contribution in [0, 0.1) is 0 Å². The van der Waals surface area contributed by atoms with E-state index in [1.807, 2.05) is 12.1 Å². The molecule has 2 heterocycles. The third kappa shape index (κ3) is 1.62. The van der Waals surface area contributed by atoms with Crippen molar-refractivity contribution in [3.63, 3.8) is 0 Å². The predicted molar refractivity (Wildman–Crippen MR) is 71.4 cm³/mol. The second-order valence-electron chi connectivity index (χ2n) is 4.24. The average Bonchev–Trinajstić information content (AvgIpc) is 2.91. The lowest BCUT2D eigenvalue weighted by Gasteiger charge is -2.15. The predicted octanol–water partition coefficient (Wildman–Crippen LogP) is 1.34. The fraction of sp³-hybridized carbons (Fsp3) is 0.167. The van der Waals surface area contributed by atoms with Crippen molar-refractivity contribution in [2.24, 2.45) is 5.73 Å². The molecule has 0 unspecified atom stereocenters. The summed E-state index contributed by atoms with van der Waals surface area (Å²) in [5, 5.41) is 0.760. The van der Waals surface area contributed by atoms with Crippen LogP contribution in [0.2, 0.25) is 0 Å². The molecular formula is C12H12N4OS. The van der Waals surface area contributed by atoms with Crippen molar-refractivity contribution in [2.45, 2.75) is 13.1 Å². The van der Waals surface area contributed by atoms with Crippen LogP contribution in [0.5, 0.6) is 0 Å². The van der Waals surface area contributed by atoms with Gasteiger partial charge < -0.3 is 16.4 Å². The van der Waals surface area contributed by atoms with E-state index in [2.05, 4.69) is 21.4 Å². The molecule has 5 nitrogen and oxygen atoms in total. The van der Waals surface area contributed by atoms with Crippen LogP contribution in [0.4, 0.5) is 10.8 Å². The first-order valence-corrected chi connectivity index (χ1v) is 6.31. The zero-order chi connectivity index (χ0) is 12.7. The van der Waals surface area contributed by atoms with E-state index in [1.165, 1.54) is 22.7 Å². The van der Waals surface area contributed by atoms with E-state index in [4.69, 9.17) is 11.5 Å². The van der Waals surface area contributed by atoms with Crippen molar-refractivity contribution < 1.29 is 4.79 Å². The summed E-state index contributed by atoms with van der Waals surface area (Å²) in [4.78, 5) is 13.5. The summed E-state index contributed by atoms with van der Waals surface area (Å²) >= 11 is 1.22. The molecule has 1 aliphatic rings. The Morgan fingerprint density at radius 3 is 2.44 bits per heavy atom. The summed E-state index contributed by atoms with van der Waals surface area (Å²) in [5.41, 5.74) is 13.9. The molecule has 0 saturated carbocycles. The lowest BCUT2D eigenvalue weighted by molar-refractivity contribution is 0.100. The zero-order valence-corrected chi connectivity index (χ0v) is 10.4. The van der Waals surface area contributed by atoms with Crippen molar-refractivity contribution in [1.82, 2.24) is 4.37 Å². The number of carbonyl (C=O) groups is 1. The first-order chi connectivity index (χ1) is 8.66. The highest BCUT2D eigenvalue weighted by atomic mass is 32.1. The number of primary amides is 1. The molecule has 1 aromatic carbocycles. The van der Waals surface area contributed by atoms with Gasteiger partial charge in [0.1, 0.15) is 10.6 Å². The van der Waals surface area contributed by atoms with Gasteiger partial charge in [-0.15, -0.1) is 0 Å². The average molecular weight is 260 g/mol. The number of aromatic nitrogens is 1.